The molecule has 2 saturated heterocycles. The summed E-state index contributed by atoms with van der Waals surface area (Å²) in [5.74, 6) is -0.739. The summed E-state index contributed by atoms with van der Waals surface area (Å²) in [4.78, 5) is 29.4. The number of piperidine rings is 1. The van der Waals surface area contributed by atoms with Gasteiger partial charge in [-0.05, 0) is 5.56 Å². The maximum atomic E-state index is 12.9. The minimum atomic E-state index is -0.516. The lowest BCUT2D eigenvalue weighted by Crippen LogP contribution is -2.47. The number of nitrogens with zero attached hydrogens (tertiary/aromatic N) is 4. The topological polar surface area (TPSA) is 76.9 Å². The van der Waals surface area contributed by atoms with E-state index < -0.39 is 5.79 Å². The van der Waals surface area contributed by atoms with E-state index in [1.165, 1.54) is 0 Å². The van der Waals surface area contributed by atoms with Gasteiger partial charge in [-0.2, -0.15) is 5.10 Å². The highest BCUT2D eigenvalue weighted by atomic mass is 16.7. The van der Waals surface area contributed by atoms with E-state index >= 15 is 0 Å². The van der Waals surface area contributed by atoms with Crippen molar-refractivity contribution < 1.29 is 19.1 Å². The van der Waals surface area contributed by atoms with Crippen LogP contribution in [0.2, 0.25) is 0 Å². The van der Waals surface area contributed by atoms with Crippen molar-refractivity contribution in [1.82, 2.24) is 19.6 Å². The third kappa shape index (κ3) is 3.42. The number of hydrogen-bond donors (Lipinski definition) is 0. The van der Waals surface area contributed by atoms with Crippen molar-refractivity contribution in [3.8, 4) is 0 Å². The van der Waals surface area contributed by atoms with Crippen molar-refractivity contribution >= 4 is 11.8 Å². The average molecular weight is 396 g/mol. The molecule has 0 aliphatic carbocycles. The van der Waals surface area contributed by atoms with Crippen molar-refractivity contribution in [1.29, 1.82) is 0 Å². The van der Waals surface area contributed by atoms with Gasteiger partial charge in [0.2, 0.25) is 0 Å². The molecule has 152 valence electrons. The molecule has 2 amide bonds. The van der Waals surface area contributed by atoms with Crippen LogP contribution in [0.15, 0.2) is 36.4 Å². The monoisotopic (exact) mass is 396 g/mol. The number of amides is 2. The number of aromatic nitrogens is 2. The molecule has 1 spiro atoms. The Morgan fingerprint density at radius 2 is 1.76 bits per heavy atom. The smallest absolute Gasteiger partial charge is 0.274 e. The number of carbonyl (C=O) groups is 2. The van der Waals surface area contributed by atoms with Gasteiger partial charge in [0, 0.05) is 45.1 Å². The van der Waals surface area contributed by atoms with Crippen molar-refractivity contribution in [3.63, 3.8) is 0 Å². The minimum absolute atomic E-state index is 0.0861. The normalized spacial score (nSPS) is 20.9. The van der Waals surface area contributed by atoms with E-state index in [2.05, 4.69) is 5.10 Å². The average Bonchev–Trinajstić information content (AvgIpc) is 3.39. The zero-order valence-electron chi connectivity index (χ0n) is 16.2. The summed E-state index contributed by atoms with van der Waals surface area (Å²) in [5, 5.41) is 4.42. The second kappa shape index (κ2) is 7.27. The molecule has 2 fully saturated rings. The molecule has 0 bridgehead atoms. The maximum absolute atomic E-state index is 12.9. The third-order valence-electron chi connectivity index (χ3n) is 5.93. The molecule has 8 nitrogen and oxygen atoms in total. The lowest BCUT2D eigenvalue weighted by atomic mass is 10.0. The molecule has 2 aromatic rings. The van der Waals surface area contributed by atoms with E-state index in [4.69, 9.17) is 9.47 Å². The van der Waals surface area contributed by atoms with Crippen LogP contribution in [0.5, 0.6) is 0 Å². The Morgan fingerprint density at radius 1 is 1.03 bits per heavy atom. The Balaban J connectivity index is 1.27. The number of ether oxygens (including phenoxy) is 2. The molecule has 0 unspecified atom stereocenters. The number of fused-ring (bicyclic) bond motifs is 1. The van der Waals surface area contributed by atoms with Crippen LogP contribution in [0.1, 0.15) is 39.4 Å². The Morgan fingerprint density at radius 3 is 2.48 bits per heavy atom. The van der Waals surface area contributed by atoms with Crippen molar-refractivity contribution in [3.05, 3.63) is 53.3 Å². The standard InChI is InChI=1S/C21H24N4O4/c26-19(23-8-6-21(7-9-23)28-12-13-29-21)17-14-18-20(27)24(10-11-25(18)22-17)15-16-4-2-1-3-5-16/h1-5,14H,6-13,15H2. The first-order chi connectivity index (χ1) is 14.1. The van der Waals surface area contributed by atoms with Gasteiger partial charge in [0.1, 0.15) is 5.69 Å². The van der Waals surface area contributed by atoms with Gasteiger partial charge >= 0.3 is 0 Å². The van der Waals surface area contributed by atoms with E-state index in [-0.39, 0.29) is 11.8 Å². The molecule has 29 heavy (non-hydrogen) atoms. The Kier molecular flexibility index (Phi) is 4.60. The van der Waals surface area contributed by atoms with Crippen molar-refractivity contribution in [2.24, 2.45) is 0 Å². The SMILES string of the molecule is O=C(c1cc2n(n1)CCN(Cc1ccccc1)C2=O)N1CCC2(CC1)OCCO2. The quantitative estimate of drug-likeness (QED) is 0.786. The fraction of sp³-hybridized carbons (Fsp3) is 0.476. The van der Waals surface area contributed by atoms with Crippen molar-refractivity contribution in [2.75, 3.05) is 32.8 Å². The van der Waals surface area contributed by atoms with Gasteiger partial charge in [0.15, 0.2) is 11.5 Å². The molecule has 0 saturated carbocycles. The van der Waals surface area contributed by atoms with Crippen LogP contribution in [-0.2, 0) is 22.6 Å². The highest BCUT2D eigenvalue weighted by Crippen LogP contribution is 2.31. The molecule has 0 atom stereocenters. The summed E-state index contributed by atoms with van der Waals surface area (Å²) in [6.07, 6.45) is 1.33. The Hall–Kier alpha value is -2.71. The summed E-state index contributed by atoms with van der Waals surface area (Å²) in [6.45, 7) is 4.09. The lowest BCUT2D eigenvalue weighted by molar-refractivity contribution is -0.181. The first kappa shape index (κ1) is 18.3. The summed E-state index contributed by atoms with van der Waals surface area (Å²) >= 11 is 0. The summed E-state index contributed by atoms with van der Waals surface area (Å²) < 4.78 is 13.1. The van der Waals surface area contributed by atoms with Crippen LogP contribution < -0.4 is 0 Å². The van der Waals surface area contributed by atoms with Gasteiger partial charge in [-0.25, -0.2) is 0 Å². The van der Waals surface area contributed by atoms with Gasteiger partial charge in [-0.1, -0.05) is 30.3 Å². The van der Waals surface area contributed by atoms with E-state index in [1.807, 2.05) is 30.3 Å². The molecule has 1 aromatic carbocycles. The summed E-state index contributed by atoms with van der Waals surface area (Å²) in [7, 11) is 0. The number of likely N-dealkylation sites (tertiary alicyclic amines) is 1. The first-order valence-corrected chi connectivity index (χ1v) is 10.1. The van der Waals surface area contributed by atoms with Gasteiger partial charge in [0.25, 0.3) is 11.8 Å². The molecule has 3 aliphatic heterocycles. The highest BCUT2D eigenvalue weighted by molar-refractivity contribution is 5.98. The molecule has 1 aromatic heterocycles. The minimum Gasteiger partial charge on any atom is -0.347 e. The zero-order chi connectivity index (χ0) is 19.8. The molecular weight excluding hydrogens is 372 g/mol. The number of rotatable bonds is 3. The zero-order valence-corrected chi connectivity index (χ0v) is 16.2. The van der Waals surface area contributed by atoms with E-state index in [0.29, 0.717) is 70.2 Å². The first-order valence-electron chi connectivity index (χ1n) is 10.1. The van der Waals surface area contributed by atoms with Gasteiger partial charge in [-0.3, -0.25) is 14.3 Å². The molecular formula is C21H24N4O4. The second-order valence-electron chi connectivity index (χ2n) is 7.75. The highest BCUT2D eigenvalue weighted by Gasteiger charge is 2.41. The van der Waals surface area contributed by atoms with Gasteiger partial charge < -0.3 is 19.3 Å². The van der Waals surface area contributed by atoms with Gasteiger partial charge in [0.05, 0.1) is 19.8 Å². The third-order valence-corrected chi connectivity index (χ3v) is 5.93. The molecule has 5 rings (SSSR count). The molecule has 8 heteroatoms. The summed E-state index contributed by atoms with van der Waals surface area (Å²) in [6, 6.07) is 11.5. The van der Waals surface area contributed by atoms with E-state index in [1.54, 1.807) is 20.5 Å². The lowest BCUT2D eigenvalue weighted by Gasteiger charge is -2.37. The number of carbonyl (C=O) groups excluding carboxylic acids is 2. The molecule has 4 heterocycles. The predicted molar refractivity (Wildman–Crippen MR) is 103 cm³/mol. The predicted octanol–water partition coefficient (Wildman–Crippen LogP) is 1.52. The van der Waals surface area contributed by atoms with E-state index in [0.717, 1.165) is 5.56 Å². The van der Waals surface area contributed by atoms with Crippen molar-refractivity contribution in [2.45, 2.75) is 31.7 Å². The molecule has 0 N–H and O–H groups in total. The Bertz CT molecular complexity index is 910. The largest absolute Gasteiger partial charge is 0.347 e. The fourth-order valence-electron chi connectivity index (χ4n) is 4.30. The number of hydrogen-bond acceptors (Lipinski definition) is 5. The molecule has 0 radical (unpaired) electrons. The fourth-order valence-corrected chi connectivity index (χ4v) is 4.30. The second-order valence-corrected chi connectivity index (χ2v) is 7.75. The van der Waals surface area contributed by atoms with Crippen LogP contribution in [-0.4, -0.2) is 70.0 Å². The van der Waals surface area contributed by atoms with Crippen LogP contribution in [0.3, 0.4) is 0 Å². The van der Waals surface area contributed by atoms with Gasteiger partial charge in [-0.15, -0.1) is 0 Å². The number of benzene rings is 1. The van der Waals surface area contributed by atoms with Crippen LogP contribution in [0, 0.1) is 0 Å². The Labute approximate surface area is 169 Å². The van der Waals surface area contributed by atoms with Crippen LogP contribution in [0.4, 0.5) is 0 Å². The summed E-state index contributed by atoms with van der Waals surface area (Å²) in [5.41, 5.74) is 1.90. The van der Waals surface area contributed by atoms with Crippen LogP contribution in [0.25, 0.3) is 0 Å². The maximum Gasteiger partial charge on any atom is 0.274 e. The van der Waals surface area contributed by atoms with Crippen LogP contribution >= 0.6 is 0 Å². The molecule has 3 aliphatic rings. The van der Waals surface area contributed by atoms with E-state index in [9.17, 15) is 9.59 Å².